The summed E-state index contributed by atoms with van der Waals surface area (Å²) in [6.45, 7) is 3.02. The van der Waals surface area contributed by atoms with Crippen LogP contribution < -0.4 is 33.2 Å². The lowest BCUT2D eigenvalue weighted by molar-refractivity contribution is -0.142. The van der Waals surface area contributed by atoms with Crippen LogP contribution in [0, 0.1) is 5.92 Å². The van der Waals surface area contributed by atoms with Crippen LogP contribution in [0.4, 0.5) is 0 Å². The number of carboxylic acids is 2. The second kappa shape index (κ2) is 14.6. The maximum Gasteiger partial charge on any atom is 0.326 e. The van der Waals surface area contributed by atoms with Gasteiger partial charge in [0.15, 0.2) is 5.96 Å². The molecule has 0 radical (unpaired) electrons. The molecule has 0 saturated carbocycles. The van der Waals surface area contributed by atoms with Crippen LogP contribution >= 0.6 is 0 Å². The van der Waals surface area contributed by atoms with E-state index in [2.05, 4.69) is 20.9 Å². The number of nitrogens with zero attached hydrogens (tertiary/aromatic N) is 1. The van der Waals surface area contributed by atoms with E-state index in [1.807, 2.05) is 0 Å². The Morgan fingerprint density at radius 1 is 0.938 bits per heavy atom. The van der Waals surface area contributed by atoms with Crippen molar-refractivity contribution >= 4 is 35.6 Å². The third kappa shape index (κ3) is 12.3. The molecular weight excluding hydrogens is 426 g/mol. The van der Waals surface area contributed by atoms with E-state index in [9.17, 15) is 29.1 Å². The van der Waals surface area contributed by atoms with Crippen LogP contribution in [0.3, 0.4) is 0 Å². The minimum Gasteiger partial charge on any atom is -0.481 e. The smallest absolute Gasteiger partial charge is 0.326 e. The highest BCUT2D eigenvalue weighted by Crippen LogP contribution is 2.03. The summed E-state index contributed by atoms with van der Waals surface area (Å²) in [4.78, 5) is 62.4. The topological polar surface area (TPSA) is 252 Å². The van der Waals surface area contributed by atoms with Gasteiger partial charge in [-0.05, 0) is 25.2 Å². The highest BCUT2D eigenvalue weighted by molar-refractivity contribution is 5.92. The molecule has 3 unspecified atom stereocenters. The number of carbonyl (C=O) groups excluding carboxylic acids is 3. The van der Waals surface area contributed by atoms with Crippen molar-refractivity contribution in [1.29, 1.82) is 0 Å². The Labute approximate surface area is 185 Å². The molecule has 0 aromatic carbocycles. The van der Waals surface area contributed by atoms with Crippen LogP contribution in [-0.2, 0) is 24.0 Å². The van der Waals surface area contributed by atoms with Crippen LogP contribution in [0.5, 0.6) is 0 Å². The molecule has 11 N–H and O–H groups in total. The Kier molecular flexibility index (Phi) is 13.0. The number of amides is 3. The van der Waals surface area contributed by atoms with Crippen LogP contribution in [0.15, 0.2) is 4.99 Å². The largest absolute Gasteiger partial charge is 0.481 e. The molecule has 0 heterocycles. The van der Waals surface area contributed by atoms with Gasteiger partial charge in [-0.15, -0.1) is 0 Å². The van der Waals surface area contributed by atoms with E-state index in [1.54, 1.807) is 13.8 Å². The first-order valence-corrected chi connectivity index (χ1v) is 9.98. The van der Waals surface area contributed by atoms with Crippen molar-refractivity contribution in [2.75, 3.05) is 13.1 Å². The number of nitrogens with two attached hydrogens (primary N) is 3. The standard InChI is InChI=1S/C18H33N7O7/c1-9(2)14(19)16(30)25-10(5-6-13(27)28)15(29)23-8-12(26)24-11(17(31)32)4-3-7-22-18(20)21/h9-11,14H,3-8,19H2,1-2H3,(H,23,29)(H,24,26)(H,25,30)(H,27,28)(H,31,32)(H4,20,21,22). The van der Waals surface area contributed by atoms with Gasteiger partial charge in [-0.3, -0.25) is 24.2 Å². The first-order chi connectivity index (χ1) is 14.8. The summed E-state index contributed by atoms with van der Waals surface area (Å²) < 4.78 is 0. The number of aliphatic imine (C=N–C) groups is 1. The summed E-state index contributed by atoms with van der Waals surface area (Å²) in [7, 11) is 0. The molecule has 0 fully saturated rings. The number of guanidine groups is 1. The summed E-state index contributed by atoms with van der Waals surface area (Å²) in [6.07, 6.45) is -0.280. The maximum atomic E-state index is 12.4. The van der Waals surface area contributed by atoms with Gasteiger partial charge in [0.2, 0.25) is 17.7 Å². The van der Waals surface area contributed by atoms with E-state index in [4.69, 9.17) is 22.3 Å². The lowest BCUT2D eigenvalue weighted by atomic mass is 10.0. The Morgan fingerprint density at radius 2 is 1.56 bits per heavy atom. The lowest BCUT2D eigenvalue weighted by Crippen LogP contribution is -2.54. The lowest BCUT2D eigenvalue weighted by Gasteiger charge is -2.22. The van der Waals surface area contributed by atoms with Gasteiger partial charge in [0.1, 0.15) is 12.1 Å². The SMILES string of the molecule is CC(C)C(N)C(=O)NC(CCC(=O)O)C(=O)NCC(=O)NC(CCCN=C(N)N)C(=O)O. The van der Waals surface area contributed by atoms with Crippen molar-refractivity contribution in [3.63, 3.8) is 0 Å². The van der Waals surface area contributed by atoms with E-state index in [0.717, 1.165) is 0 Å². The first kappa shape index (κ1) is 28.6. The minimum atomic E-state index is -1.27. The number of nitrogens with one attached hydrogen (secondary N) is 3. The third-order valence-corrected chi connectivity index (χ3v) is 4.30. The van der Waals surface area contributed by atoms with Gasteiger partial charge in [0.05, 0.1) is 12.6 Å². The van der Waals surface area contributed by atoms with Gasteiger partial charge in [-0.25, -0.2) is 4.79 Å². The van der Waals surface area contributed by atoms with Gasteiger partial charge in [-0.2, -0.15) is 0 Å². The van der Waals surface area contributed by atoms with E-state index in [-0.39, 0.29) is 31.3 Å². The van der Waals surface area contributed by atoms with E-state index in [1.165, 1.54) is 0 Å². The third-order valence-electron chi connectivity index (χ3n) is 4.30. The summed E-state index contributed by atoms with van der Waals surface area (Å²) in [6, 6.07) is -3.36. The Hall–Kier alpha value is -3.42. The summed E-state index contributed by atoms with van der Waals surface area (Å²) >= 11 is 0. The zero-order valence-corrected chi connectivity index (χ0v) is 18.2. The number of carbonyl (C=O) groups is 5. The summed E-state index contributed by atoms with van der Waals surface area (Å²) in [5, 5.41) is 25.0. The van der Waals surface area contributed by atoms with Gasteiger partial charge in [-0.1, -0.05) is 13.8 Å². The number of hydrogen-bond acceptors (Lipinski definition) is 7. The van der Waals surface area contributed by atoms with Gasteiger partial charge in [0, 0.05) is 13.0 Å². The molecule has 0 rings (SSSR count). The van der Waals surface area contributed by atoms with Crippen molar-refractivity contribution in [3.05, 3.63) is 0 Å². The molecule has 0 aromatic rings. The second-order valence-electron chi connectivity index (χ2n) is 7.39. The molecule has 0 aliphatic heterocycles. The van der Waals surface area contributed by atoms with Gasteiger partial charge >= 0.3 is 11.9 Å². The molecule has 0 bridgehead atoms. The zero-order valence-electron chi connectivity index (χ0n) is 18.2. The average Bonchev–Trinajstić information content (AvgIpc) is 2.69. The van der Waals surface area contributed by atoms with Crippen molar-refractivity contribution in [3.8, 4) is 0 Å². The molecule has 0 spiro atoms. The summed E-state index contributed by atoms with van der Waals surface area (Å²) in [5.41, 5.74) is 16.1. The number of carboxylic acid groups (broad SMARTS) is 2. The van der Waals surface area contributed by atoms with Gasteiger partial charge < -0.3 is 43.4 Å². The van der Waals surface area contributed by atoms with Crippen LogP contribution in [-0.4, -0.2) is 77.0 Å². The molecule has 0 aromatic heterocycles. The fourth-order valence-corrected chi connectivity index (χ4v) is 2.40. The predicted molar refractivity (Wildman–Crippen MR) is 114 cm³/mol. The Morgan fingerprint density at radius 3 is 2.06 bits per heavy atom. The quantitative estimate of drug-likeness (QED) is 0.0702. The van der Waals surface area contributed by atoms with Crippen molar-refractivity contribution in [2.45, 2.75) is 57.7 Å². The first-order valence-electron chi connectivity index (χ1n) is 9.98. The van der Waals surface area contributed by atoms with Crippen molar-refractivity contribution in [1.82, 2.24) is 16.0 Å². The fraction of sp³-hybridized carbons (Fsp3) is 0.667. The fourth-order valence-electron chi connectivity index (χ4n) is 2.40. The van der Waals surface area contributed by atoms with Crippen molar-refractivity contribution < 1.29 is 34.2 Å². The van der Waals surface area contributed by atoms with E-state index in [0.29, 0.717) is 6.42 Å². The number of hydrogen-bond donors (Lipinski definition) is 8. The minimum absolute atomic E-state index is 0.0518. The predicted octanol–water partition coefficient (Wildman–Crippen LogP) is -2.94. The van der Waals surface area contributed by atoms with Crippen molar-refractivity contribution in [2.24, 2.45) is 28.1 Å². The van der Waals surface area contributed by atoms with Crippen LogP contribution in [0.1, 0.15) is 39.5 Å². The Bertz CT molecular complexity index is 708. The highest BCUT2D eigenvalue weighted by atomic mass is 16.4. The van der Waals surface area contributed by atoms with E-state index < -0.39 is 60.8 Å². The monoisotopic (exact) mass is 459 g/mol. The molecule has 182 valence electrons. The second-order valence-corrected chi connectivity index (χ2v) is 7.39. The summed E-state index contributed by atoms with van der Waals surface area (Å²) in [5.74, 6) is -5.02. The molecule has 3 amide bonds. The molecule has 32 heavy (non-hydrogen) atoms. The number of rotatable bonds is 15. The van der Waals surface area contributed by atoms with Crippen LogP contribution in [0.25, 0.3) is 0 Å². The normalized spacial score (nSPS) is 13.4. The molecule has 14 nitrogen and oxygen atoms in total. The van der Waals surface area contributed by atoms with Crippen LogP contribution in [0.2, 0.25) is 0 Å². The zero-order chi connectivity index (χ0) is 24.8. The average molecular weight is 460 g/mol. The molecule has 3 atom stereocenters. The Balaban J connectivity index is 4.85. The molecular formula is C18H33N7O7. The molecule has 0 aliphatic carbocycles. The number of aliphatic carboxylic acids is 2. The maximum absolute atomic E-state index is 12.4. The van der Waals surface area contributed by atoms with Gasteiger partial charge in [0.25, 0.3) is 0 Å². The highest BCUT2D eigenvalue weighted by Gasteiger charge is 2.26. The van der Waals surface area contributed by atoms with E-state index >= 15 is 0 Å². The molecule has 0 saturated heterocycles. The molecule has 0 aliphatic rings. The molecule has 14 heteroatoms.